The van der Waals surface area contributed by atoms with E-state index in [1.807, 2.05) is 35.2 Å². The van der Waals surface area contributed by atoms with Crippen LogP contribution < -0.4 is 27.4 Å². The van der Waals surface area contributed by atoms with Gasteiger partial charge in [0, 0.05) is 42.8 Å². The number of aryl methyl sites for hydroxylation is 1. The van der Waals surface area contributed by atoms with Crippen molar-refractivity contribution in [3.8, 4) is 0 Å². The minimum Gasteiger partial charge on any atom is -0.341 e. The van der Waals surface area contributed by atoms with Crippen molar-refractivity contribution in [1.29, 1.82) is 0 Å². The molecule has 1 aliphatic heterocycles. The van der Waals surface area contributed by atoms with Crippen molar-refractivity contribution < 1.29 is 9.59 Å². The van der Waals surface area contributed by atoms with Crippen molar-refractivity contribution in [3.05, 3.63) is 92.9 Å². The standard InChI is InChI=1S/C29H31ClN8O3/c30-23-9-8-19(28(41)38(32)12-4-7-18-5-2-1-3-6-18)16-24(23)34-26(39)22-15-20-17-33-29(36-25(20)35-27(22)40)37-13-10-21(31)11-14-37/h1-3,5-6,8-9,15-17,21H,4,7,10-14,31-32H2,(H,34,39)(H,33,35,36,40). The summed E-state index contributed by atoms with van der Waals surface area (Å²) in [6.07, 6.45) is 4.71. The van der Waals surface area contributed by atoms with Crippen LogP contribution in [0.1, 0.15) is 45.5 Å². The Morgan fingerprint density at radius 2 is 1.88 bits per heavy atom. The smallest absolute Gasteiger partial charge is 0.267 e. The van der Waals surface area contributed by atoms with Gasteiger partial charge in [-0.15, -0.1) is 0 Å². The Balaban J connectivity index is 1.27. The van der Waals surface area contributed by atoms with Crippen LogP contribution in [0.3, 0.4) is 0 Å². The summed E-state index contributed by atoms with van der Waals surface area (Å²) >= 11 is 6.31. The number of hydrazine groups is 1. The van der Waals surface area contributed by atoms with E-state index in [0.717, 1.165) is 42.9 Å². The normalized spacial score (nSPS) is 13.8. The number of nitrogens with one attached hydrogen (secondary N) is 2. The number of pyridine rings is 1. The first-order valence-electron chi connectivity index (χ1n) is 13.4. The van der Waals surface area contributed by atoms with Crippen molar-refractivity contribution in [2.75, 3.05) is 29.9 Å². The van der Waals surface area contributed by atoms with Crippen molar-refractivity contribution in [3.63, 3.8) is 0 Å². The fraction of sp³-hybridized carbons (Fsp3) is 0.276. The second kappa shape index (κ2) is 12.5. The van der Waals surface area contributed by atoms with Crippen LogP contribution in [0.4, 0.5) is 11.6 Å². The van der Waals surface area contributed by atoms with Crippen LogP contribution in [-0.4, -0.2) is 57.5 Å². The Labute approximate surface area is 241 Å². The Bertz CT molecular complexity index is 1620. The van der Waals surface area contributed by atoms with Gasteiger partial charge in [0.25, 0.3) is 17.4 Å². The van der Waals surface area contributed by atoms with E-state index < -0.39 is 17.4 Å². The molecule has 3 heterocycles. The topological polar surface area (TPSA) is 163 Å². The monoisotopic (exact) mass is 574 g/mol. The molecule has 4 aromatic rings. The van der Waals surface area contributed by atoms with Gasteiger partial charge in [0.1, 0.15) is 11.2 Å². The van der Waals surface area contributed by atoms with Gasteiger partial charge in [0.15, 0.2) is 0 Å². The summed E-state index contributed by atoms with van der Waals surface area (Å²) in [5.74, 6) is 5.42. The maximum atomic E-state index is 13.1. The highest BCUT2D eigenvalue weighted by molar-refractivity contribution is 6.34. The third-order valence-corrected chi connectivity index (χ3v) is 7.41. The third-order valence-electron chi connectivity index (χ3n) is 7.08. The molecule has 212 valence electrons. The lowest BCUT2D eigenvalue weighted by molar-refractivity contribution is 0.0753. The van der Waals surface area contributed by atoms with Gasteiger partial charge in [-0.05, 0) is 55.5 Å². The van der Waals surface area contributed by atoms with Crippen LogP contribution in [0.25, 0.3) is 11.0 Å². The average Bonchev–Trinajstić information content (AvgIpc) is 2.98. The lowest BCUT2D eigenvalue weighted by atomic mass is 10.1. The molecule has 0 radical (unpaired) electrons. The van der Waals surface area contributed by atoms with Gasteiger partial charge in [-0.1, -0.05) is 41.9 Å². The number of piperidine rings is 1. The number of aromatic nitrogens is 3. The molecule has 0 bridgehead atoms. The van der Waals surface area contributed by atoms with Gasteiger partial charge in [0.2, 0.25) is 5.95 Å². The first-order valence-corrected chi connectivity index (χ1v) is 13.8. The molecule has 2 aromatic carbocycles. The number of carbonyl (C=O) groups is 2. The summed E-state index contributed by atoms with van der Waals surface area (Å²) in [7, 11) is 0. The van der Waals surface area contributed by atoms with Gasteiger partial charge < -0.3 is 20.9 Å². The molecule has 12 heteroatoms. The number of rotatable bonds is 8. The van der Waals surface area contributed by atoms with Gasteiger partial charge >= 0.3 is 0 Å². The fourth-order valence-corrected chi connectivity index (χ4v) is 4.88. The molecule has 2 amide bonds. The number of carbonyl (C=O) groups excluding carboxylic acids is 2. The first kappa shape index (κ1) is 28.2. The third kappa shape index (κ3) is 6.71. The quantitative estimate of drug-likeness (QED) is 0.142. The predicted molar refractivity (Wildman–Crippen MR) is 159 cm³/mol. The maximum Gasteiger partial charge on any atom is 0.267 e. The van der Waals surface area contributed by atoms with Crippen molar-refractivity contribution in [2.45, 2.75) is 31.7 Å². The molecule has 5 rings (SSSR count). The average molecular weight is 575 g/mol. The van der Waals surface area contributed by atoms with Gasteiger partial charge in [-0.2, -0.15) is 4.98 Å². The molecule has 2 aromatic heterocycles. The van der Waals surface area contributed by atoms with Crippen LogP contribution in [0.5, 0.6) is 0 Å². The molecule has 1 fully saturated rings. The number of benzene rings is 2. The molecule has 1 saturated heterocycles. The first-order chi connectivity index (χ1) is 19.8. The van der Waals surface area contributed by atoms with Crippen LogP contribution in [0, 0.1) is 0 Å². The van der Waals surface area contributed by atoms with Crippen LogP contribution in [0.2, 0.25) is 5.02 Å². The summed E-state index contributed by atoms with van der Waals surface area (Å²) in [6, 6.07) is 16.0. The Morgan fingerprint density at radius 1 is 1.12 bits per heavy atom. The van der Waals surface area contributed by atoms with Gasteiger partial charge in [0.05, 0.1) is 10.7 Å². The summed E-state index contributed by atoms with van der Waals surface area (Å²) < 4.78 is 0. The van der Waals surface area contributed by atoms with Crippen LogP contribution in [-0.2, 0) is 6.42 Å². The number of nitrogens with two attached hydrogens (primary N) is 2. The van der Waals surface area contributed by atoms with E-state index in [2.05, 4.69) is 20.3 Å². The van der Waals surface area contributed by atoms with Crippen molar-refractivity contribution in [2.24, 2.45) is 11.6 Å². The molecule has 11 nitrogen and oxygen atoms in total. The summed E-state index contributed by atoms with van der Waals surface area (Å²) in [5, 5.41) is 4.47. The summed E-state index contributed by atoms with van der Waals surface area (Å²) in [4.78, 5) is 52.4. The van der Waals surface area contributed by atoms with E-state index in [1.165, 1.54) is 24.3 Å². The maximum absolute atomic E-state index is 13.1. The number of fused-ring (bicyclic) bond motifs is 1. The molecule has 0 saturated carbocycles. The van der Waals surface area contributed by atoms with E-state index in [9.17, 15) is 14.4 Å². The molecular weight excluding hydrogens is 544 g/mol. The SMILES string of the molecule is NC1CCN(c2ncc3cc(C(=O)Nc4cc(C(=O)N(N)CCCc5ccccc5)ccc4Cl)c(=O)[nH]c3n2)CC1. The number of anilines is 2. The minimum absolute atomic E-state index is 0.146. The number of halogens is 1. The van der Waals surface area contributed by atoms with Crippen LogP contribution >= 0.6 is 11.6 Å². The van der Waals surface area contributed by atoms with E-state index >= 15 is 0 Å². The molecule has 0 unspecified atom stereocenters. The zero-order chi connectivity index (χ0) is 28.9. The predicted octanol–water partition coefficient (Wildman–Crippen LogP) is 3.10. The molecule has 1 aliphatic rings. The summed E-state index contributed by atoms with van der Waals surface area (Å²) in [5.41, 5.74) is 7.13. The molecule has 6 N–H and O–H groups in total. The number of nitrogens with zero attached hydrogens (tertiary/aromatic N) is 4. The number of aromatic amines is 1. The second-order valence-electron chi connectivity index (χ2n) is 10.0. The zero-order valence-electron chi connectivity index (χ0n) is 22.3. The summed E-state index contributed by atoms with van der Waals surface area (Å²) in [6.45, 7) is 1.81. The molecule has 41 heavy (non-hydrogen) atoms. The number of amides is 2. The number of hydrogen-bond acceptors (Lipinski definition) is 8. The highest BCUT2D eigenvalue weighted by atomic mass is 35.5. The van der Waals surface area contributed by atoms with E-state index in [1.54, 1.807) is 6.20 Å². The molecule has 0 spiro atoms. The van der Waals surface area contributed by atoms with E-state index in [0.29, 0.717) is 29.9 Å². The molecular formula is C29H31ClN8O3. The highest BCUT2D eigenvalue weighted by Gasteiger charge is 2.21. The largest absolute Gasteiger partial charge is 0.341 e. The fourth-order valence-electron chi connectivity index (χ4n) is 4.71. The van der Waals surface area contributed by atoms with E-state index in [-0.39, 0.29) is 27.9 Å². The number of H-pyrrole nitrogens is 1. The van der Waals surface area contributed by atoms with Crippen molar-refractivity contribution >= 4 is 46.1 Å². The molecule has 0 aliphatic carbocycles. The Morgan fingerprint density at radius 3 is 2.63 bits per heavy atom. The second-order valence-corrected chi connectivity index (χ2v) is 10.5. The van der Waals surface area contributed by atoms with E-state index in [4.69, 9.17) is 23.2 Å². The number of hydrogen-bond donors (Lipinski definition) is 4. The van der Waals surface area contributed by atoms with Gasteiger partial charge in [-0.3, -0.25) is 19.4 Å². The minimum atomic E-state index is -0.693. The molecule has 0 atom stereocenters. The Hall–Kier alpha value is -4.32. The van der Waals surface area contributed by atoms with Crippen LogP contribution in [0.15, 0.2) is 65.6 Å². The Kier molecular flexibility index (Phi) is 8.58. The van der Waals surface area contributed by atoms with Crippen molar-refractivity contribution in [1.82, 2.24) is 20.0 Å². The van der Waals surface area contributed by atoms with Gasteiger partial charge in [-0.25, -0.2) is 10.8 Å². The zero-order valence-corrected chi connectivity index (χ0v) is 23.1. The lowest BCUT2D eigenvalue weighted by Crippen LogP contribution is -2.40. The highest BCUT2D eigenvalue weighted by Crippen LogP contribution is 2.25. The lowest BCUT2D eigenvalue weighted by Gasteiger charge is -2.30.